The van der Waals surface area contributed by atoms with E-state index in [0.29, 0.717) is 18.8 Å². The number of para-hydroxylation sites is 2. The number of hydrogen-bond donors (Lipinski definition) is 2. The number of hydrogen-bond acceptors (Lipinski definition) is 4. The average Bonchev–Trinajstić information content (AvgIpc) is 3.49. The molecule has 2 aliphatic rings. The molecule has 1 fully saturated rings. The van der Waals surface area contributed by atoms with Crippen LogP contribution in [0.3, 0.4) is 0 Å². The first-order chi connectivity index (χ1) is 15.6. The van der Waals surface area contributed by atoms with Gasteiger partial charge in [-0.1, -0.05) is 36.4 Å². The van der Waals surface area contributed by atoms with Crippen LogP contribution in [0, 0.1) is 0 Å². The zero-order valence-corrected chi connectivity index (χ0v) is 20.9. The molecule has 2 aromatic rings. The molecular formula is C24H30F2IN5O. The molecule has 9 heteroatoms. The number of ether oxygens (including phenoxy) is 1. The molecule has 0 spiro atoms. The van der Waals surface area contributed by atoms with Gasteiger partial charge < -0.3 is 25.2 Å². The summed E-state index contributed by atoms with van der Waals surface area (Å²) in [6, 6.07) is 15.6. The van der Waals surface area contributed by atoms with Crippen molar-refractivity contribution >= 4 is 41.3 Å². The molecule has 1 atom stereocenters. The van der Waals surface area contributed by atoms with Gasteiger partial charge in [-0.2, -0.15) is 8.78 Å². The largest absolute Gasteiger partial charge is 0.433 e. The minimum absolute atomic E-state index is 0. The Bertz CT molecular complexity index is 946. The van der Waals surface area contributed by atoms with Crippen LogP contribution in [-0.4, -0.2) is 51.8 Å². The number of nitrogens with one attached hydrogen (secondary N) is 2. The Morgan fingerprint density at radius 1 is 1.09 bits per heavy atom. The van der Waals surface area contributed by atoms with Gasteiger partial charge in [0.25, 0.3) is 0 Å². The molecule has 0 amide bonds. The van der Waals surface area contributed by atoms with E-state index in [0.717, 1.165) is 32.0 Å². The molecule has 1 unspecified atom stereocenters. The Morgan fingerprint density at radius 2 is 1.82 bits per heavy atom. The summed E-state index contributed by atoms with van der Waals surface area (Å²) < 4.78 is 30.1. The highest BCUT2D eigenvalue weighted by atomic mass is 127. The van der Waals surface area contributed by atoms with Crippen LogP contribution < -0.4 is 25.2 Å². The maximum Gasteiger partial charge on any atom is 0.387 e. The Labute approximate surface area is 210 Å². The standard InChI is InChI=1S/C24H29F2N5O.HI/c1-27-24(28-16-18-8-10-20(11-9-18)30-13-4-5-14-30)29-19-12-15-31(17-19)21-6-2-3-7-22(21)32-23(25)26;/h2-11,19,23H,12-17H2,1H3,(H2,27,28,29);1H. The third kappa shape index (κ3) is 6.72. The number of anilines is 2. The number of aliphatic imine (C=N–C) groups is 1. The fourth-order valence-corrected chi connectivity index (χ4v) is 4.10. The summed E-state index contributed by atoms with van der Waals surface area (Å²) in [6.07, 6.45) is 5.24. The molecule has 178 valence electrons. The van der Waals surface area contributed by atoms with E-state index in [1.807, 2.05) is 12.1 Å². The maximum absolute atomic E-state index is 12.7. The molecule has 4 rings (SSSR count). The van der Waals surface area contributed by atoms with Gasteiger partial charge in [0.2, 0.25) is 0 Å². The molecule has 0 radical (unpaired) electrons. The first kappa shape index (κ1) is 25.1. The molecule has 0 aromatic heterocycles. The van der Waals surface area contributed by atoms with Gasteiger partial charge in [-0.15, -0.1) is 24.0 Å². The van der Waals surface area contributed by atoms with Gasteiger partial charge in [-0.05, 0) is 36.2 Å². The molecule has 2 aromatic carbocycles. The van der Waals surface area contributed by atoms with Crippen LogP contribution in [0.1, 0.15) is 12.0 Å². The van der Waals surface area contributed by atoms with Crippen molar-refractivity contribution < 1.29 is 13.5 Å². The van der Waals surface area contributed by atoms with E-state index in [4.69, 9.17) is 0 Å². The molecule has 0 bridgehead atoms. The lowest BCUT2D eigenvalue weighted by Crippen LogP contribution is -2.44. The lowest BCUT2D eigenvalue weighted by molar-refractivity contribution is -0.0495. The summed E-state index contributed by atoms with van der Waals surface area (Å²) in [4.78, 5) is 8.72. The highest BCUT2D eigenvalue weighted by Gasteiger charge is 2.26. The number of alkyl halides is 2. The summed E-state index contributed by atoms with van der Waals surface area (Å²) in [7, 11) is 1.75. The second-order valence-corrected chi connectivity index (χ2v) is 7.89. The second-order valence-electron chi connectivity index (χ2n) is 7.89. The predicted molar refractivity (Wildman–Crippen MR) is 140 cm³/mol. The van der Waals surface area contributed by atoms with E-state index in [1.165, 1.54) is 11.3 Å². The fraction of sp³-hybridized carbons (Fsp3) is 0.375. The molecule has 2 aliphatic heterocycles. The Balaban J connectivity index is 0.00000306. The van der Waals surface area contributed by atoms with Crippen LogP contribution >= 0.6 is 24.0 Å². The molecule has 33 heavy (non-hydrogen) atoms. The van der Waals surface area contributed by atoms with E-state index in [1.54, 1.807) is 19.2 Å². The third-order valence-electron chi connectivity index (χ3n) is 5.75. The van der Waals surface area contributed by atoms with Gasteiger partial charge in [0, 0.05) is 51.5 Å². The summed E-state index contributed by atoms with van der Waals surface area (Å²) in [5.41, 5.74) is 3.09. The summed E-state index contributed by atoms with van der Waals surface area (Å²) in [6.45, 7) is 1.20. The fourth-order valence-electron chi connectivity index (χ4n) is 4.10. The van der Waals surface area contributed by atoms with Gasteiger partial charge in [0.1, 0.15) is 5.75 Å². The summed E-state index contributed by atoms with van der Waals surface area (Å²) >= 11 is 0. The van der Waals surface area contributed by atoms with E-state index >= 15 is 0 Å². The van der Waals surface area contributed by atoms with E-state index < -0.39 is 6.61 Å². The molecule has 2 N–H and O–H groups in total. The van der Waals surface area contributed by atoms with Crippen molar-refractivity contribution in [1.82, 2.24) is 10.6 Å². The predicted octanol–water partition coefficient (Wildman–Crippen LogP) is 4.23. The topological polar surface area (TPSA) is 52.1 Å². The highest BCUT2D eigenvalue weighted by molar-refractivity contribution is 14.0. The zero-order chi connectivity index (χ0) is 22.3. The molecular weight excluding hydrogens is 539 g/mol. The van der Waals surface area contributed by atoms with Crippen LogP contribution in [-0.2, 0) is 6.54 Å². The van der Waals surface area contributed by atoms with E-state index in [9.17, 15) is 8.78 Å². The van der Waals surface area contributed by atoms with Crippen molar-refractivity contribution in [1.29, 1.82) is 0 Å². The van der Waals surface area contributed by atoms with Gasteiger partial charge >= 0.3 is 6.61 Å². The average molecular weight is 569 g/mol. The first-order valence-corrected chi connectivity index (χ1v) is 10.9. The molecule has 0 aliphatic carbocycles. The van der Waals surface area contributed by atoms with Crippen molar-refractivity contribution in [3.8, 4) is 5.75 Å². The van der Waals surface area contributed by atoms with Gasteiger partial charge in [0.15, 0.2) is 5.96 Å². The van der Waals surface area contributed by atoms with E-state index in [-0.39, 0.29) is 35.8 Å². The molecule has 6 nitrogen and oxygen atoms in total. The van der Waals surface area contributed by atoms with Crippen molar-refractivity contribution in [2.75, 3.05) is 43.0 Å². The minimum Gasteiger partial charge on any atom is -0.433 e. The number of guanidine groups is 1. The molecule has 2 heterocycles. The summed E-state index contributed by atoms with van der Waals surface area (Å²) in [5.74, 6) is 0.931. The van der Waals surface area contributed by atoms with Crippen LogP contribution in [0.15, 0.2) is 65.7 Å². The van der Waals surface area contributed by atoms with Crippen molar-refractivity contribution in [3.63, 3.8) is 0 Å². The van der Waals surface area contributed by atoms with Crippen molar-refractivity contribution in [3.05, 3.63) is 66.2 Å². The van der Waals surface area contributed by atoms with E-state index in [2.05, 4.69) is 66.6 Å². The quantitative estimate of drug-likeness (QED) is 0.227. The number of benzene rings is 2. The Kier molecular flexibility index (Phi) is 9.16. The van der Waals surface area contributed by atoms with Gasteiger partial charge in [-0.3, -0.25) is 4.99 Å². The lowest BCUT2D eigenvalue weighted by Gasteiger charge is -2.22. The number of nitrogens with zero attached hydrogens (tertiary/aromatic N) is 3. The third-order valence-corrected chi connectivity index (χ3v) is 5.75. The van der Waals surface area contributed by atoms with Gasteiger partial charge in [-0.25, -0.2) is 0 Å². The van der Waals surface area contributed by atoms with Crippen LogP contribution in [0.5, 0.6) is 5.75 Å². The smallest absolute Gasteiger partial charge is 0.387 e. The SMILES string of the molecule is CN=C(NCc1ccc(N2CC=CC2)cc1)NC1CCN(c2ccccc2OC(F)F)C1.I. The van der Waals surface area contributed by atoms with Gasteiger partial charge in [0.05, 0.1) is 5.69 Å². The zero-order valence-electron chi connectivity index (χ0n) is 18.6. The van der Waals surface area contributed by atoms with Crippen LogP contribution in [0.25, 0.3) is 0 Å². The number of halogens is 3. The lowest BCUT2D eigenvalue weighted by atomic mass is 10.2. The van der Waals surface area contributed by atoms with Crippen molar-refractivity contribution in [2.45, 2.75) is 25.6 Å². The normalized spacial score (nSPS) is 17.9. The molecule has 1 saturated heterocycles. The van der Waals surface area contributed by atoms with Crippen molar-refractivity contribution in [2.24, 2.45) is 4.99 Å². The van der Waals surface area contributed by atoms with Crippen LogP contribution in [0.4, 0.5) is 20.2 Å². The maximum atomic E-state index is 12.7. The first-order valence-electron chi connectivity index (χ1n) is 10.9. The number of rotatable bonds is 7. The Morgan fingerprint density at radius 3 is 2.52 bits per heavy atom. The Hall–Kier alpha value is -2.56. The minimum atomic E-state index is -2.84. The van der Waals surface area contributed by atoms with Crippen LogP contribution in [0.2, 0.25) is 0 Å². The molecule has 0 saturated carbocycles. The second kappa shape index (κ2) is 12.1. The highest BCUT2D eigenvalue weighted by Crippen LogP contribution is 2.31. The monoisotopic (exact) mass is 569 g/mol. The summed E-state index contributed by atoms with van der Waals surface area (Å²) in [5, 5.41) is 6.81.